The second-order valence-electron chi connectivity index (χ2n) is 4.45. The van der Waals surface area contributed by atoms with E-state index in [1.165, 1.54) is 30.0 Å². The lowest BCUT2D eigenvalue weighted by molar-refractivity contribution is -0.137. The van der Waals surface area contributed by atoms with Crippen molar-refractivity contribution in [3.63, 3.8) is 0 Å². The van der Waals surface area contributed by atoms with Gasteiger partial charge in [0.1, 0.15) is 0 Å². The second-order valence-corrected chi connectivity index (χ2v) is 5.76. The average molecular weight is 318 g/mol. The molecule has 1 aliphatic rings. The largest absolute Gasteiger partial charge is 0.418 e. The van der Waals surface area contributed by atoms with Crippen LogP contribution in [0.1, 0.15) is 12.0 Å². The summed E-state index contributed by atoms with van der Waals surface area (Å²) in [5.41, 5.74) is -1.20. The van der Waals surface area contributed by atoms with E-state index < -0.39 is 22.9 Å². The monoisotopic (exact) mass is 318 g/mol. The standard InChI is InChI=1S/C13H13F3N2O2S/c14-13(15,16)8-3-1-2-4-9(8)18-11(19)7-10-12(20)17-5-6-21-10/h1-4,10H,5-7H2,(H,17,20)(H,18,19). The van der Waals surface area contributed by atoms with Gasteiger partial charge in [-0.3, -0.25) is 9.59 Å². The van der Waals surface area contributed by atoms with Gasteiger partial charge in [-0.25, -0.2) is 0 Å². The predicted molar refractivity (Wildman–Crippen MR) is 73.9 cm³/mol. The van der Waals surface area contributed by atoms with Gasteiger partial charge in [-0.1, -0.05) is 12.1 Å². The molecule has 1 fully saturated rings. The highest BCUT2D eigenvalue weighted by Crippen LogP contribution is 2.34. The Morgan fingerprint density at radius 1 is 1.38 bits per heavy atom. The Morgan fingerprint density at radius 2 is 2.10 bits per heavy atom. The summed E-state index contributed by atoms with van der Waals surface area (Å²) in [6.07, 6.45) is -4.69. The lowest BCUT2D eigenvalue weighted by atomic mass is 10.1. The highest BCUT2D eigenvalue weighted by Gasteiger charge is 2.34. The lowest BCUT2D eigenvalue weighted by Crippen LogP contribution is -2.41. The van der Waals surface area contributed by atoms with Crippen LogP contribution in [0.25, 0.3) is 0 Å². The first-order valence-electron chi connectivity index (χ1n) is 6.23. The van der Waals surface area contributed by atoms with E-state index in [4.69, 9.17) is 0 Å². The fraction of sp³-hybridized carbons (Fsp3) is 0.385. The average Bonchev–Trinajstić information content (AvgIpc) is 2.41. The molecule has 1 unspecified atom stereocenters. The summed E-state index contributed by atoms with van der Waals surface area (Å²) in [5.74, 6) is -0.185. The molecular weight excluding hydrogens is 305 g/mol. The van der Waals surface area contributed by atoms with E-state index in [1.807, 2.05) is 0 Å². The molecule has 0 aromatic heterocycles. The van der Waals surface area contributed by atoms with Crippen LogP contribution in [0, 0.1) is 0 Å². The Balaban J connectivity index is 2.05. The van der Waals surface area contributed by atoms with E-state index in [-0.39, 0.29) is 18.0 Å². The Hall–Kier alpha value is -1.70. The van der Waals surface area contributed by atoms with Gasteiger partial charge in [0.25, 0.3) is 0 Å². The quantitative estimate of drug-likeness (QED) is 0.899. The van der Waals surface area contributed by atoms with E-state index in [2.05, 4.69) is 10.6 Å². The molecular formula is C13H13F3N2O2S. The zero-order valence-corrected chi connectivity index (χ0v) is 11.7. The van der Waals surface area contributed by atoms with Gasteiger partial charge in [-0.2, -0.15) is 13.2 Å². The molecule has 0 saturated carbocycles. The number of anilines is 1. The lowest BCUT2D eigenvalue weighted by Gasteiger charge is -2.21. The van der Waals surface area contributed by atoms with Crippen LogP contribution in [-0.4, -0.2) is 29.4 Å². The number of para-hydroxylation sites is 1. The molecule has 4 nitrogen and oxygen atoms in total. The Kier molecular flexibility index (Phi) is 4.76. The molecule has 1 aromatic carbocycles. The fourth-order valence-electron chi connectivity index (χ4n) is 1.93. The SMILES string of the molecule is O=C(CC1SCCNC1=O)Nc1ccccc1C(F)(F)F. The maximum Gasteiger partial charge on any atom is 0.418 e. The molecule has 2 N–H and O–H groups in total. The van der Waals surface area contributed by atoms with Crippen molar-refractivity contribution in [3.05, 3.63) is 29.8 Å². The van der Waals surface area contributed by atoms with E-state index in [9.17, 15) is 22.8 Å². The van der Waals surface area contributed by atoms with Crippen molar-refractivity contribution in [1.29, 1.82) is 0 Å². The summed E-state index contributed by atoms with van der Waals surface area (Å²) in [6, 6.07) is 4.75. The predicted octanol–water partition coefficient (Wildman–Crippen LogP) is 2.27. The molecule has 114 valence electrons. The maximum atomic E-state index is 12.8. The van der Waals surface area contributed by atoms with E-state index in [0.29, 0.717) is 12.3 Å². The minimum Gasteiger partial charge on any atom is -0.354 e. The van der Waals surface area contributed by atoms with Crippen LogP contribution in [0.2, 0.25) is 0 Å². The molecule has 0 radical (unpaired) electrons. The number of halogens is 3. The van der Waals surface area contributed by atoms with Crippen LogP contribution in [0.3, 0.4) is 0 Å². The third-order valence-electron chi connectivity index (χ3n) is 2.89. The van der Waals surface area contributed by atoms with Gasteiger partial charge in [-0.05, 0) is 12.1 Å². The highest BCUT2D eigenvalue weighted by molar-refractivity contribution is 8.00. The third kappa shape index (κ3) is 4.13. The van der Waals surface area contributed by atoms with Crippen LogP contribution >= 0.6 is 11.8 Å². The van der Waals surface area contributed by atoms with Crippen molar-refractivity contribution in [2.75, 3.05) is 17.6 Å². The molecule has 1 atom stereocenters. The molecule has 0 bridgehead atoms. The molecule has 1 heterocycles. The van der Waals surface area contributed by atoms with Crippen molar-refractivity contribution in [2.24, 2.45) is 0 Å². The molecule has 1 aromatic rings. The fourth-order valence-corrected chi connectivity index (χ4v) is 2.93. The second kappa shape index (κ2) is 6.38. The first kappa shape index (κ1) is 15.7. The van der Waals surface area contributed by atoms with Gasteiger partial charge in [0.15, 0.2) is 0 Å². The van der Waals surface area contributed by atoms with Crippen molar-refractivity contribution in [1.82, 2.24) is 5.32 Å². The number of nitrogens with one attached hydrogen (secondary N) is 2. The summed E-state index contributed by atoms with van der Waals surface area (Å²) in [6.45, 7) is 0.540. The third-order valence-corrected chi connectivity index (χ3v) is 4.11. The van der Waals surface area contributed by atoms with E-state index in [0.717, 1.165) is 6.07 Å². The normalized spacial score (nSPS) is 19.0. The molecule has 0 spiro atoms. The summed E-state index contributed by atoms with van der Waals surface area (Å²) in [4.78, 5) is 23.4. The number of hydrogen-bond donors (Lipinski definition) is 2. The van der Waals surface area contributed by atoms with Gasteiger partial charge in [0, 0.05) is 18.7 Å². The molecule has 2 amide bonds. The van der Waals surface area contributed by atoms with Gasteiger partial charge in [0.05, 0.1) is 16.5 Å². The van der Waals surface area contributed by atoms with Gasteiger partial charge in [0.2, 0.25) is 11.8 Å². The van der Waals surface area contributed by atoms with E-state index >= 15 is 0 Å². The Morgan fingerprint density at radius 3 is 2.76 bits per heavy atom. The Bertz CT molecular complexity index is 548. The zero-order valence-electron chi connectivity index (χ0n) is 10.9. The zero-order chi connectivity index (χ0) is 15.5. The topological polar surface area (TPSA) is 58.2 Å². The number of amides is 2. The molecule has 8 heteroatoms. The number of rotatable bonds is 3. The minimum atomic E-state index is -4.54. The van der Waals surface area contributed by atoms with Crippen molar-refractivity contribution in [2.45, 2.75) is 17.8 Å². The minimum absolute atomic E-state index is 0.150. The number of hydrogen-bond acceptors (Lipinski definition) is 3. The highest BCUT2D eigenvalue weighted by atomic mass is 32.2. The van der Waals surface area contributed by atoms with Crippen molar-refractivity contribution in [3.8, 4) is 0 Å². The molecule has 0 aliphatic carbocycles. The number of alkyl halides is 3. The van der Waals surface area contributed by atoms with Crippen molar-refractivity contribution >= 4 is 29.3 Å². The first-order chi connectivity index (χ1) is 9.88. The van der Waals surface area contributed by atoms with E-state index in [1.54, 1.807) is 0 Å². The molecule has 1 saturated heterocycles. The summed E-state index contributed by atoms with van der Waals surface area (Å²) >= 11 is 1.32. The van der Waals surface area contributed by atoms with Gasteiger partial charge in [-0.15, -0.1) is 11.8 Å². The number of carbonyl (C=O) groups is 2. The molecule has 1 aliphatic heterocycles. The first-order valence-corrected chi connectivity index (χ1v) is 7.28. The summed E-state index contributed by atoms with van der Waals surface area (Å²) in [7, 11) is 0. The van der Waals surface area contributed by atoms with Crippen LogP contribution < -0.4 is 10.6 Å². The number of carbonyl (C=O) groups excluding carboxylic acids is 2. The summed E-state index contributed by atoms with van der Waals surface area (Å²) in [5, 5.41) is 4.29. The molecule has 21 heavy (non-hydrogen) atoms. The van der Waals surface area contributed by atoms with Crippen LogP contribution in [-0.2, 0) is 15.8 Å². The summed E-state index contributed by atoms with van der Waals surface area (Å²) < 4.78 is 38.4. The smallest absolute Gasteiger partial charge is 0.354 e. The Labute approximate surface area is 123 Å². The van der Waals surface area contributed by atoms with Gasteiger partial charge < -0.3 is 10.6 Å². The van der Waals surface area contributed by atoms with Crippen molar-refractivity contribution < 1.29 is 22.8 Å². The van der Waals surface area contributed by atoms with Gasteiger partial charge >= 0.3 is 6.18 Å². The maximum absolute atomic E-state index is 12.8. The number of thioether (sulfide) groups is 1. The van der Waals surface area contributed by atoms with Crippen LogP contribution in [0.4, 0.5) is 18.9 Å². The van der Waals surface area contributed by atoms with Crippen LogP contribution in [0.5, 0.6) is 0 Å². The number of benzene rings is 1. The van der Waals surface area contributed by atoms with Crippen LogP contribution in [0.15, 0.2) is 24.3 Å². The molecule has 2 rings (SSSR count).